The number of nitrogens with zero attached hydrogens (tertiary/aromatic N) is 1. The molecule has 0 unspecified atom stereocenters. The zero-order valence-electron chi connectivity index (χ0n) is 9.93. The largest absolute Gasteiger partial charge is 0.274 e. The number of rotatable bonds is 2. The summed E-state index contributed by atoms with van der Waals surface area (Å²) in [6.07, 6.45) is 0.297. The summed E-state index contributed by atoms with van der Waals surface area (Å²) in [4.78, 5) is 26.8. The number of hydrogen-bond donors (Lipinski definition) is 0. The van der Waals surface area contributed by atoms with Crippen molar-refractivity contribution < 1.29 is 9.59 Å². The van der Waals surface area contributed by atoms with Crippen molar-refractivity contribution >= 4 is 39.1 Å². The molecule has 0 bridgehead atoms. The van der Waals surface area contributed by atoms with Crippen molar-refractivity contribution in [1.29, 1.82) is 0 Å². The maximum atomic E-state index is 12.4. The van der Waals surface area contributed by atoms with Crippen LogP contribution in [0.4, 0.5) is 0 Å². The Balaban J connectivity index is 1.94. The molecule has 2 heterocycles. The third-order valence-electron chi connectivity index (χ3n) is 3.13. The van der Waals surface area contributed by atoms with E-state index in [-0.39, 0.29) is 11.8 Å². The highest BCUT2D eigenvalue weighted by Gasteiger charge is 2.31. The van der Waals surface area contributed by atoms with Gasteiger partial charge < -0.3 is 0 Å². The minimum Gasteiger partial charge on any atom is -0.274 e. The van der Waals surface area contributed by atoms with Crippen LogP contribution in [-0.2, 0) is 17.8 Å². The quantitative estimate of drug-likeness (QED) is 0.790. The minimum atomic E-state index is -0.202. The van der Waals surface area contributed by atoms with E-state index in [1.54, 1.807) is 6.07 Å². The van der Waals surface area contributed by atoms with Crippen molar-refractivity contribution in [3.63, 3.8) is 0 Å². The Morgan fingerprint density at radius 2 is 2.00 bits per heavy atom. The third-order valence-corrected chi connectivity index (χ3v) is 5.04. The molecule has 1 aliphatic rings. The smallest absolute Gasteiger partial charge is 0.261 e. The summed E-state index contributed by atoms with van der Waals surface area (Å²) < 4.78 is 0.942. The van der Waals surface area contributed by atoms with Crippen molar-refractivity contribution in [3.05, 3.63) is 56.2 Å². The van der Waals surface area contributed by atoms with Crippen LogP contribution in [-0.4, -0.2) is 16.7 Å². The second-order valence-corrected chi connectivity index (χ2v) is 6.17. The van der Waals surface area contributed by atoms with E-state index in [0.717, 1.165) is 14.9 Å². The molecule has 0 saturated heterocycles. The Labute approximate surface area is 123 Å². The molecule has 1 aromatic heterocycles. The van der Waals surface area contributed by atoms with Gasteiger partial charge in [-0.05, 0) is 39.0 Å². The molecule has 0 spiro atoms. The molecular weight excluding hydrogens is 326 g/mol. The van der Waals surface area contributed by atoms with Crippen LogP contribution in [0.25, 0.3) is 0 Å². The summed E-state index contributed by atoms with van der Waals surface area (Å²) in [5.41, 5.74) is 1.45. The zero-order chi connectivity index (χ0) is 13.4. The van der Waals surface area contributed by atoms with E-state index < -0.39 is 0 Å². The lowest BCUT2D eigenvalue weighted by molar-refractivity contribution is -0.128. The van der Waals surface area contributed by atoms with Gasteiger partial charge in [0.05, 0.1) is 13.0 Å². The van der Waals surface area contributed by atoms with Gasteiger partial charge >= 0.3 is 0 Å². The molecule has 3 nitrogen and oxygen atoms in total. The van der Waals surface area contributed by atoms with E-state index in [2.05, 4.69) is 15.9 Å². The number of hydrogen-bond acceptors (Lipinski definition) is 3. The van der Waals surface area contributed by atoms with Gasteiger partial charge in [0.15, 0.2) is 0 Å². The molecule has 0 saturated carbocycles. The van der Waals surface area contributed by atoms with Crippen molar-refractivity contribution in [2.45, 2.75) is 13.0 Å². The van der Waals surface area contributed by atoms with Crippen molar-refractivity contribution in [3.8, 4) is 0 Å². The summed E-state index contributed by atoms with van der Waals surface area (Å²) in [6.45, 7) is 0.338. The maximum absolute atomic E-state index is 12.4. The molecule has 3 rings (SSSR count). The summed E-state index contributed by atoms with van der Waals surface area (Å²) in [5.74, 6) is -0.337. The molecule has 19 heavy (non-hydrogen) atoms. The second-order valence-electron chi connectivity index (χ2n) is 4.31. The van der Waals surface area contributed by atoms with E-state index in [1.807, 2.05) is 29.6 Å². The van der Waals surface area contributed by atoms with E-state index in [4.69, 9.17) is 0 Å². The first-order valence-corrected chi connectivity index (χ1v) is 7.48. The van der Waals surface area contributed by atoms with Crippen LogP contribution >= 0.6 is 27.3 Å². The van der Waals surface area contributed by atoms with Crippen LogP contribution in [0.3, 0.4) is 0 Å². The zero-order valence-corrected chi connectivity index (χ0v) is 12.3. The number of fused-ring (bicyclic) bond motifs is 1. The van der Waals surface area contributed by atoms with Crippen LogP contribution in [0.15, 0.2) is 40.2 Å². The SMILES string of the molecule is O=C1Cc2ccccc2C(=O)N1Cc1sccc1Br. The van der Waals surface area contributed by atoms with Crippen LogP contribution in [0.2, 0.25) is 0 Å². The standard InChI is InChI=1S/C14H10BrNO2S/c15-11-5-6-19-12(11)8-16-13(17)7-9-3-1-2-4-10(9)14(16)18/h1-6H,7-8H2. The van der Waals surface area contributed by atoms with Gasteiger partial charge in [-0.25, -0.2) is 0 Å². The minimum absolute atomic E-state index is 0.135. The second kappa shape index (κ2) is 4.90. The van der Waals surface area contributed by atoms with Gasteiger partial charge in [-0.15, -0.1) is 11.3 Å². The van der Waals surface area contributed by atoms with Crippen LogP contribution < -0.4 is 0 Å². The fourth-order valence-electron chi connectivity index (χ4n) is 2.14. The molecule has 96 valence electrons. The number of benzene rings is 1. The molecule has 2 amide bonds. The molecule has 0 aliphatic carbocycles. The van der Waals surface area contributed by atoms with Crippen molar-refractivity contribution in [2.75, 3.05) is 0 Å². The number of thiophene rings is 1. The van der Waals surface area contributed by atoms with Crippen LogP contribution in [0.5, 0.6) is 0 Å². The first kappa shape index (κ1) is 12.6. The Bertz CT molecular complexity index is 665. The summed E-state index contributed by atoms with van der Waals surface area (Å²) >= 11 is 4.96. The summed E-state index contributed by atoms with van der Waals surface area (Å²) in [6, 6.07) is 9.22. The average molecular weight is 336 g/mol. The Hall–Kier alpha value is -1.46. The fourth-order valence-corrected chi connectivity index (χ4v) is 3.61. The molecule has 2 aromatic rings. The van der Waals surface area contributed by atoms with Gasteiger partial charge in [0.2, 0.25) is 5.91 Å². The molecule has 0 radical (unpaired) electrons. The number of halogens is 1. The first-order chi connectivity index (χ1) is 9.16. The van der Waals surface area contributed by atoms with E-state index in [1.165, 1.54) is 16.2 Å². The Kier molecular flexibility index (Phi) is 3.24. The van der Waals surface area contributed by atoms with Gasteiger partial charge in [0.25, 0.3) is 5.91 Å². The predicted molar refractivity (Wildman–Crippen MR) is 77.0 cm³/mol. The molecule has 0 fully saturated rings. The highest BCUT2D eigenvalue weighted by molar-refractivity contribution is 9.10. The van der Waals surface area contributed by atoms with Crippen molar-refractivity contribution in [2.24, 2.45) is 0 Å². The Morgan fingerprint density at radius 1 is 1.21 bits per heavy atom. The van der Waals surface area contributed by atoms with Crippen LogP contribution in [0, 0.1) is 0 Å². The van der Waals surface area contributed by atoms with Gasteiger partial charge in [-0.1, -0.05) is 18.2 Å². The van der Waals surface area contributed by atoms with E-state index in [9.17, 15) is 9.59 Å². The maximum Gasteiger partial charge on any atom is 0.261 e. The summed E-state index contributed by atoms with van der Waals surface area (Å²) in [5, 5.41) is 1.94. The average Bonchev–Trinajstić information content (AvgIpc) is 2.80. The molecule has 1 aromatic carbocycles. The number of carbonyl (C=O) groups excluding carboxylic acids is 2. The van der Waals surface area contributed by atoms with E-state index >= 15 is 0 Å². The molecule has 0 atom stereocenters. The van der Waals surface area contributed by atoms with Gasteiger partial charge in [0.1, 0.15) is 0 Å². The monoisotopic (exact) mass is 335 g/mol. The normalized spacial score (nSPS) is 14.7. The molecule has 5 heteroatoms. The van der Waals surface area contributed by atoms with Crippen molar-refractivity contribution in [1.82, 2.24) is 4.90 Å². The van der Waals surface area contributed by atoms with Gasteiger partial charge in [-0.2, -0.15) is 0 Å². The summed E-state index contributed by atoms with van der Waals surface area (Å²) in [7, 11) is 0. The highest BCUT2D eigenvalue weighted by Crippen LogP contribution is 2.27. The number of imide groups is 1. The third kappa shape index (κ3) is 2.24. The predicted octanol–water partition coefficient (Wildman–Crippen LogP) is 3.24. The molecule has 0 N–H and O–H groups in total. The lowest BCUT2D eigenvalue weighted by Crippen LogP contribution is -2.41. The lowest BCUT2D eigenvalue weighted by atomic mass is 9.98. The van der Waals surface area contributed by atoms with Gasteiger partial charge in [-0.3, -0.25) is 14.5 Å². The van der Waals surface area contributed by atoms with Gasteiger partial charge in [0, 0.05) is 14.9 Å². The molecular formula is C14H10BrNO2S. The highest BCUT2D eigenvalue weighted by atomic mass is 79.9. The van der Waals surface area contributed by atoms with Crippen LogP contribution in [0.1, 0.15) is 20.8 Å². The number of amides is 2. The first-order valence-electron chi connectivity index (χ1n) is 5.81. The topological polar surface area (TPSA) is 37.4 Å². The van der Waals surface area contributed by atoms with E-state index in [0.29, 0.717) is 18.5 Å². The number of carbonyl (C=O) groups is 2. The Morgan fingerprint density at radius 3 is 2.74 bits per heavy atom. The fraction of sp³-hybridized carbons (Fsp3) is 0.143. The molecule has 1 aliphatic heterocycles. The lowest BCUT2D eigenvalue weighted by Gasteiger charge is -2.26.